The van der Waals surface area contributed by atoms with Gasteiger partial charge in [0.25, 0.3) is 10.0 Å². The van der Waals surface area contributed by atoms with Crippen LogP contribution in [-0.4, -0.2) is 44.8 Å². The number of nitrogens with one attached hydrogen (secondary N) is 1. The van der Waals surface area contributed by atoms with Gasteiger partial charge >= 0.3 is 0 Å². The van der Waals surface area contributed by atoms with Gasteiger partial charge in [-0.25, -0.2) is 8.42 Å². The molecule has 0 radical (unpaired) electrons. The van der Waals surface area contributed by atoms with Gasteiger partial charge in [0, 0.05) is 23.6 Å². The molecular weight excluding hydrogens is 521 g/mol. The van der Waals surface area contributed by atoms with Gasteiger partial charge in [0.05, 0.1) is 10.6 Å². The van der Waals surface area contributed by atoms with E-state index in [4.69, 9.17) is 23.2 Å². The normalized spacial score (nSPS) is 12.0. The molecule has 0 aliphatic rings. The van der Waals surface area contributed by atoms with Gasteiger partial charge in [-0.05, 0) is 67.9 Å². The topological polar surface area (TPSA) is 86.8 Å². The summed E-state index contributed by atoms with van der Waals surface area (Å²) in [7, 11) is -2.64. The molecule has 0 aliphatic carbocycles. The van der Waals surface area contributed by atoms with Gasteiger partial charge in [-0.3, -0.25) is 13.9 Å². The number of benzene rings is 3. The van der Waals surface area contributed by atoms with Crippen LogP contribution in [0.5, 0.6) is 0 Å². The SMILES string of the molecule is CNC(=O)C(C)N(Cc1ccc(Cl)cc1)C(=O)CN(c1ccc(Cl)cc1)S(=O)(=O)c1ccc(C)cc1. The standard InChI is InChI=1S/C26H27Cl2N3O4S/c1-18-4-14-24(15-5-18)36(34,35)31(23-12-10-22(28)11-13-23)17-25(32)30(19(2)26(33)29-3)16-20-6-8-21(27)9-7-20/h4-15,19H,16-17H2,1-3H3,(H,29,33). The van der Waals surface area contributed by atoms with Crippen LogP contribution in [0.4, 0.5) is 5.69 Å². The summed E-state index contributed by atoms with van der Waals surface area (Å²) in [6, 6.07) is 18.6. The molecule has 3 rings (SSSR count). The number of carbonyl (C=O) groups excluding carboxylic acids is 2. The van der Waals surface area contributed by atoms with E-state index in [1.807, 2.05) is 6.92 Å². The summed E-state index contributed by atoms with van der Waals surface area (Å²) < 4.78 is 28.4. The third-order valence-electron chi connectivity index (χ3n) is 5.68. The quantitative estimate of drug-likeness (QED) is 0.422. The molecule has 36 heavy (non-hydrogen) atoms. The Kier molecular flexibility index (Phi) is 9.00. The first kappa shape index (κ1) is 27.5. The van der Waals surface area contributed by atoms with Crippen molar-refractivity contribution in [3.63, 3.8) is 0 Å². The van der Waals surface area contributed by atoms with Crippen molar-refractivity contribution < 1.29 is 18.0 Å². The van der Waals surface area contributed by atoms with E-state index in [0.717, 1.165) is 15.4 Å². The minimum absolute atomic E-state index is 0.0412. The molecule has 10 heteroatoms. The Morgan fingerprint density at radius 3 is 1.94 bits per heavy atom. The van der Waals surface area contributed by atoms with E-state index >= 15 is 0 Å². The molecule has 0 aromatic heterocycles. The van der Waals surface area contributed by atoms with Crippen LogP contribution >= 0.6 is 23.2 Å². The van der Waals surface area contributed by atoms with Gasteiger partial charge in [0.1, 0.15) is 12.6 Å². The van der Waals surface area contributed by atoms with Crippen LogP contribution in [0.3, 0.4) is 0 Å². The maximum Gasteiger partial charge on any atom is 0.264 e. The van der Waals surface area contributed by atoms with E-state index < -0.39 is 28.5 Å². The van der Waals surface area contributed by atoms with Crippen molar-refractivity contribution in [1.29, 1.82) is 0 Å². The number of halogens is 2. The third kappa shape index (κ3) is 6.57. The molecule has 0 spiro atoms. The molecule has 0 fully saturated rings. The predicted octanol–water partition coefficient (Wildman–Crippen LogP) is 4.66. The van der Waals surface area contributed by atoms with Crippen molar-refractivity contribution in [2.45, 2.75) is 31.3 Å². The van der Waals surface area contributed by atoms with Crippen molar-refractivity contribution >= 4 is 50.7 Å². The summed E-state index contributed by atoms with van der Waals surface area (Å²) in [6.07, 6.45) is 0. The summed E-state index contributed by atoms with van der Waals surface area (Å²) in [5.74, 6) is -0.927. The highest BCUT2D eigenvalue weighted by Crippen LogP contribution is 2.26. The third-order valence-corrected chi connectivity index (χ3v) is 7.97. The zero-order valence-electron chi connectivity index (χ0n) is 20.1. The van der Waals surface area contributed by atoms with Gasteiger partial charge in [-0.15, -0.1) is 0 Å². The van der Waals surface area contributed by atoms with Crippen LogP contribution in [-0.2, 0) is 26.2 Å². The maximum atomic E-state index is 13.7. The van der Waals surface area contributed by atoms with Crippen molar-refractivity contribution in [3.8, 4) is 0 Å². The van der Waals surface area contributed by atoms with Gasteiger partial charge in [-0.2, -0.15) is 0 Å². The summed E-state index contributed by atoms with van der Waals surface area (Å²) in [6.45, 7) is 3.01. The van der Waals surface area contributed by atoms with Crippen LogP contribution in [0.15, 0.2) is 77.7 Å². The van der Waals surface area contributed by atoms with E-state index in [2.05, 4.69) is 5.32 Å². The molecule has 0 saturated carbocycles. The smallest absolute Gasteiger partial charge is 0.264 e. The first-order valence-corrected chi connectivity index (χ1v) is 13.3. The second-order valence-corrected chi connectivity index (χ2v) is 11.0. The Labute approximate surface area is 221 Å². The molecule has 3 aromatic rings. The van der Waals surface area contributed by atoms with E-state index in [1.165, 1.54) is 36.2 Å². The Morgan fingerprint density at radius 1 is 0.889 bits per heavy atom. The average Bonchev–Trinajstić information content (AvgIpc) is 2.86. The number of hydrogen-bond acceptors (Lipinski definition) is 4. The second kappa shape index (κ2) is 11.8. The Balaban J connectivity index is 2.01. The highest BCUT2D eigenvalue weighted by Gasteiger charge is 2.32. The monoisotopic (exact) mass is 547 g/mol. The molecule has 1 unspecified atom stereocenters. The molecule has 0 saturated heterocycles. The number of carbonyl (C=O) groups is 2. The largest absolute Gasteiger partial charge is 0.357 e. The number of nitrogens with zero attached hydrogens (tertiary/aromatic N) is 2. The predicted molar refractivity (Wildman–Crippen MR) is 143 cm³/mol. The van der Waals surface area contributed by atoms with E-state index in [1.54, 1.807) is 55.5 Å². The molecule has 190 valence electrons. The molecule has 1 atom stereocenters. The zero-order chi connectivity index (χ0) is 26.5. The molecule has 3 aromatic carbocycles. The van der Waals surface area contributed by atoms with Crippen molar-refractivity contribution in [2.75, 3.05) is 17.9 Å². The molecule has 0 bridgehead atoms. The summed E-state index contributed by atoms with van der Waals surface area (Å²) in [5, 5.41) is 3.51. The number of rotatable bonds is 9. The minimum Gasteiger partial charge on any atom is -0.357 e. The number of sulfonamides is 1. The maximum absolute atomic E-state index is 13.7. The number of anilines is 1. The lowest BCUT2D eigenvalue weighted by molar-refractivity contribution is -0.139. The number of likely N-dealkylation sites (N-methyl/N-ethyl adjacent to an activating group) is 1. The Morgan fingerprint density at radius 2 is 1.42 bits per heavy atom. The van der Waals surface area contributed by atoms with Crippen LogP contribution in [0.2, 0.25) is 10.0 Å². The second-order valence-electron chi connectivity index (χ2n) is 8.24. The van der Waals surface area contributed by atoms with Gasteiger partial charge in [-0.1, -0.05) is 53.0 Å². The molecule has 1 N–H and O–H groups in total. The number of aryl methyl sites for hydroxylation is 1. The number of hydrogen-bond donors (Lipinski definition) is 1. The molecular formula is C26H27Cl2N3O4S. The lowest BCUT2D eigenvalue weighted by atomic mass is 10.1. The van der Waals surface area contributed by atoms with E-state index in [-0.39, 0.29) is 23.0 Å². The fourth-order valence-electron chi connectivity index (χ4n) is 3.55. The van der Waals surface area contributed by atoms with E-state index in [0.29, 0.717) is 10.0 Å². The lowest BCUT2D eigenvalue weighted by Gasteiger charge is -2.31. The van der Waals surface area contributed by atoms with Crippen LogP contribution in [0.25, 0.3) is 0 Å². The molecule has 2 amide bonds. The highest BCUT2D eigenvalue weighted by atomic mass is 35.5. The van der Waals surface area contributed by atoms with E-state index in [9.17, 15) is 18.0 Å². The van der Waals surface area contributed by atoms with Gasteiger partial charge in [0.15, 0.2) is 0 Å². The first-order chi connectivity index (χ1) is 17.0. The Hall–Kier alpha value is -3.07. The average molecular weight is 548 g/mol. The van der Waals surface area contributed by atoms with Crippen LogP contribution < -0.4 is 9.62 Å². The zero-order valence-corrected chi connectivity index (χ0v) is 22.4. The van der Waals surface area contributed by atoms with Crippen LogP contribution in [0.1, 0.15) is 18.1 Å². The fourth-order valence-corrected chi connectivity index (χ4v) is 5.22. The highest BCUT2D eigenvalue weighted by molar-refractivity contribution is 7.92. The van der Waals surface area contributed by atoms with Crippen molar-refractivity contribution in [1.82, 2.24) is 10.2 Å². The molecule has 7 nitrogen and oxygen atoms in total. The lowest BCUT2D eigenvalue weighted by Crippen LogP contribution is -2.50. The van der Waals surface area contributed by atoms with Gasteiger partial charge < -0.3 is 10.2 Å². The summed E-state index contributed by atoms with van der Waals surface area (Å²) in [4.78, 5) is 27.5. The van der Waals surface area contributed by atoms with Crippen molar-refractivity contribution in [3.05, 3.63) is 94.0 Å². The minimum atomic E-state index is -4.12. The Bertz CT molecular complexity index is 1310. The van der Waals surface area contributed by atoms with Crippen molar-refractivity contribution in [2.24, 2.45) is 0 Å². The summed E-state index contributed by atoms with van der Waals surface area (Å²) in [5.41, 5.74) is 1.91. The first-order valence-electron chi connectivity index (χ1n) is 11.1. The molecule has 0 heterocycles. The van der Waals surface area contributed by atoms with Gasteiger partial charge in [0.2, 0.25) is 11.8 Å². The molecule has 0 aliphatic heterocycles. The van der Waals surface area contributed by atoms with Crippen LogP contribution in [0, 0.1) is 6.92 Å². The summed E-state index contributed by atoms with van der Waals surface area (Å²) >= 11 is 12.0. The fraction of sp³-hybridized carbons (Fsp3) is 0.231. The number of amides is 2.